The van der Waals surface area contributed by atoms with Crippen molar-refractivity contribution in [3.8, 4) is 23.1 Å². The van der Waals surface area contributed by atoms with Crippen LogP contribution in [0.3, 0.4) is 0 Å². The van der Waals surface area contributed by atoms with Gasteiger partial charge in [-0.25, -0.2) is 4.39 Å². The second-order valence-corrected chi connectivity index (χ2v) is 5.96. The lowest BCUT2D eigenvalue weighted by molar-refractivity contribution is 0.251. The molecule has 2 aromatic carbocycles. The summed E-state index contributed by atoms with van der Waals surface area (Å²) in [5.41, 5.74) is 2.49. The quantitative estimate of drug-likeness (QED) is 0.666. The lowest BCUT2D eigenvalue weighted by atomic mass is 10.1. The van der Waals surface area contributed by atoms with E-state index >= 15 is 0 Å². The van der Waals surface area contributed by atoms with Crippen LogP contribution in [-0.2, 0) is 6.54 Å². The summed E-state index contributed by atoms with van der Waals surface area (Å²) in [6, 6.07) is 19.5. The van der Waals surface area contributed by atoms with E-state index in [4.69, 9.17) is 10.00 Å². The van der Waals surface area contributed by atoms with Gasteiger partial charge in [-0.05, 0) is 60.5 Å². The highest BCUT2D eigenvalue weighted by molar-refractivity contribution is 5.59. The number of nitrogens with zero attached hydrogens (tertiary/aromatic N) is 3. The van der Waals surface area contributed by atoms with Gasteiger partial charge in [-0.1, -0.05) is 19.1 Å². The molecule has 0 radical (unpaired) electrons. The Morgan fingerprint density at radius 2 is 1.93 bits per heavy atom. The smallest absolute Gasteiger partial charge is 0.184 e. The third-order valence-electron chi connectivity index (χ3n) is 3.97. The molecule has 6 heteroatoms. The first-order chi connectivity index (χ1) is 13.2. The predicted octanol–water partition coefficient (Wildman–Crippen LogP) is 4.58. The third kappa shape index (κ3) is 5.02. The molecule has 27 heavy (non-hydrogen) atoms. The average molecular weight is 362 g/mol. The number of hydrogen-bond donors (Lipinski definition) is 1. The van der Waals surface area contributed by atoms with Crippen molar-refractivity contribution >= 4 is 5.82 Å². The van der Waals surface area contributed by atoms with Crippen molar-refractivity contribution in [2.45, 2.75) is 26.0 Å². The Balaban J connectivity index is 1.62. The van der Waals surface area contributed by atoms with Gasteiger partial charge in [0.2, 0.25) is 0 Å². The van der Waals surface area contributed by atoms with E-state index in [1.54, 1.807) is 12.1 Å². The minimum atomic E-state index is -0.446. The lowest BCUT2D eigenvalue weighted by Crippen LogP contribution is -2.12. The van der Waals surface area contributed by atoms with E-state index in [-0.39, 0.29) is 5.82 Å². The van der Waals surface area contributed by atoms with Crippen LogP contribution in [0, 0.1) is 17.1 Å². The van der Waals surface area contributed by atoms with Crippen LogP contribution >= 0.6 is 0 Å². The van der Waals surface area contributed by atoms with Crippen LogP contribution in [0.15, 0.2) is 60.7 Å². The maximum atomic E-state index is 13.0. The molecule has 5 nitrogen and oxygen atoms in total. The van der Waals surface area contributed by atoms with Gasteiger partial charge in [0.05, 0.1) is 5.69 Å². The highest BCUT2D eigenvalue weighted by atomic mass is 19.1. The maximum Gasteiger partial charge on any atom is 0.184 e. The average Bonchev–Trinajstić information content (AvgIpc) is 2.72. The normalized spacial score (nSPS) is 11.4. The molecule has 0 aliphatic carbocycles. The molecule has 0 saturated heterocycles. The number of anilines is 1. The molecule has 1 heterocycles. The fourth-order valence-corrected chi connectivity index (χ4v) is 2.49. The molecule has 1 N–H and O–H groups in total. The van der Waals surface area contributed by atoms with Crippen LogP contribution < -0.4 is 10.1 Å². The summed E-state index contributed by atoms with van der Waals surface area (Å²) < 4.78 is 18.6. The Labute approximate surface area is 157 Å². The minimum absolute atomic E-state index is 0.281. The van der Waals surface area contributed by atoms with Crippen LogP contribution in [0.25, 0.3) is 11.3 Å². The highest BCUT2D eigenvalue weighted by Gasteiger charge is 2.07. The summed E-state index contributed by atoms with van der Waals surface area (Å²) in [7, 11) is 0. The van der Waals surface area contributed by atoms with Crippen LogP contribution in [-0.4, -0.2) is 16.3 Å². The molecule has 0 amide bonds. The Bertz CT molecular complexity index is 920. The first-order valence-electron chi connectivity index (χ1n) is 8.66. The van der Waals surface area contributed by atoms with E-state index in [0.717, 1.165) is 11.1 Å². The monoisotopic (exact) mass is 362 g/mol. The Hall–Kier alpha value is -3.46. The fourth-order valence-electron chi connectivity index (χ4n) is 2.49. The minimum Gasteiger partial charge on any atom is -0.476 e. The zero-order chi connectivity index (χ0) is 19.1. The number of halogens is 1. The second-order valence-electron chi connectivity index (χ2n) is 5.96. The van der Waals surface area contributed by atoms with E-state index in [1.807, 2.05) is 43.3 Å². The number of ether oxygens (including phenoxy) is 1. The molecule has 136 valence electrons. The van der Waals surface area contributed by atoms with Crippen molar-refractivity contribution in [2.24, 2.45) is 0 Å². The number of rotatable bonds is 7. The van der Waals surface area contributed by atoms with E-state index < -0.39 is 6.10 Å². The number of nitriles is 1. The number of hydrogen-bond acceptors (Lipinski definition) is 5. The van der Waals surface area contributed by atoms with Crippen molar-refractivity contribution in [2.75, 3.05) is 5.32 Å². The topological polar surface area (TPSA) is 70.8 Å². The van der Waals surface area contributed by atoms with Gasteiger partial charge in [0, 0.05) is 12.1 Å². The van der Waals surface area contributed by atoms with E-state index in [0.29, 0.717) is 30.2 Å². The van der Waals surface area contributed by atoms with Gasteiger partial charge in [-0.2, -0.15) is 5.26 Å². The molecule has 0 aliphatic heterocycles. The predicted molar refractivity (Wildman–Crippen MR) is 102 cm³/mol. The Morgan fingerprint density at radius 1 is 1.11 bits per heavy atom. The molecule has 1 unspecified atom stereocenters. The number of aromatic nitrogens is 2. The first-order valence-corrected chi connectivity index (χ1v) is 8.66. The van der Waals surface area contributed by atoms with Gasteiger partial charge < -0.3 is 10.1 Å². The highest BCUT2D eigenvalue weighted by Crippen LogP contribution is 2.19. The van der Waals surface area contributed by atoms with Crippen molar-refractivity contribution in [1.82, 2.24) is 10.2 Å². The van der Waals surface area contributed by atoms with Crippen LogP contribution in [0.4, 0.5) is 10.2 Å². The maximum absolute atomic E-state index is 13.0. The zero-order valence-electron chi connectivity index (χ0n) is 14.9. The number of nitrogens with one attached hydrogen (secondary N) is 1. The summed E-state index contributed by atoms with van der Waals surface area (Å²) in [5.74, 6) is 1.02. The van der Waals surface area contributed by atoms with Crippen molar-refractivity contribution in [3.63, 3.8) is 0 Å². The van der Waals surface area contributed by atoms with E-state index in [1.165, 1.54) is 12.1 Å². The van der Waals surface area contributed by atoms with Gasteiger partial charge in [0.15, 0.2) is 6.10 Å². The molecular formula is C21H19FN4O. The van der Waals surface area contributed by atoms with Crippen LogP contribution in [0.1, 0.15) is 18.9 Å². The second kappa shape index (κ2) is 8.77. The largest absolute Gasteiger partial charge is 0.476 e. The molecular weight excluding hydrogens is 343 g/mol. The summed E-state index contributed by atoms with van der Waals surface area (Å²) >= 11 is 0. The van der Waals surface area contributed by atoms with Gasteiger partial charge in [-0.3, -0.25) is 0 Å². The molecule has 0 spiro atoms. The summed E-state index contributed by atoms with van der Waals surface area (Å²) in [4.78, 5) is 0. The van der Waals surface area contributed by atoms with Crippen LogP contribution in [0.2, 0.25) is 0 Å². The first kappa shape index (κ1) is 18.3. The van der Waals surface area contributed by atoms with Gasteiger partial charge in [0.25, 0.3) is 0 Å². The van der Waals surface area contributed by atoms with E-state index in [9.17, 15) is 4.39 Å². The van der Waals surface area contributed by atoms with Crippen molar-refractivity contribution < 1.29 is 9.13 Å². The molecule has 3 rings (SSSR count). The molecule has 1 atom stereocenters. The lowest BCUT2D eigenvalue weighted by Gasteiger charge is -2.12. The Morgan fingerprint density at radius 3 is 2.59 bits per heavy atom. The summed E-state index contributed by atoms with van der Waals surface area (Å²) in [5, 5.41) is 20.5. The van der Waals surface area contributed by atoms with Crippen LogP contribution in [0.5, 0.6) is 5.75 Å². The van der Waals surface area contributed by atoms with Gasteiger partial charge in [0.1, 0.15) is 23.5 Å². The third-order valence-corrected chi connectivity index (χ3v) is 3.97. The zero-order valence-corrected chi connectivity index (χ0v) is 14.9. The summed E-state index contributed by atoms with van der Waals surface area (Å²) in [6.45, 7) is 2.46. The standard InChI is InChI=1S/C21H19FN4O/c1-2-18(13-23)27-19-5-3-4-15(12-19)14-24-21-11-10-20(25-26-21)16-6-8-17(22)9-7-16/h3-12,18H,2,14H2,1H3,(H,24,26). The summed E-state index contributed by atoms with van der Waals surface area (Å²) in [6.07, 6.45) is 0.188. The fraction of sp³-hybridized carbons (Fsp3) is 0.190. The van der Waals surface area contributed by atoms with Crippen molar-refractivity contribution in [1.29, 1.82) is 5.26 Å². The molecule has 0 bridgehead atoms. The Kier molecular flexibility index (Phi) is 5.95. The number of benzene rings is 2. The van der Waals surface area contributed by atoms with Crippen molar-refractivity contribution in [3.05, 3.63) is 72.0 Å². The molecule has 0 aliphatic rings. The molecule has 0 saturated carbocycles. The molecule has 0 fully saturated rings. The van der Waals surface area contributed by atoms with E-state index in [2.05, 4.69) is 21.6 Å². The van der Waals surface area contributed by atoms with Gasteiger partial charge >= 0.3 is 0 Å². The molecule has 1 aromatic heterocycles. The van der Waals surface area contributed by atoms with Gasteiger partial charge in [-0.15, -0.1) is 10.2 Å². The molecule has 3 aromatic rings. The SMILES string of the molecule is CCC(C#N)Oc1cccc(CNc2ccc(-c3ccc(F)cc3)nn2)c1.